The molecule has 0 radical (unpaired) electrons. The summed E-state index contributed by atoms with van der Waals surface area (Å²) in [6, 6.07) is 11.7. The van der Waals surface area contributed by atoms with Crippen molar-refractivity contribution in [3.63, 3.8) is 0 Å². The van der Waals surface area contributed by atoms with Crippen molar-refractivity contribution < 1.29 is 4.74 Å². The molecule has 1 atom stereocenters. The molecule has 0 saturated heterocycles. The number of aryl methyl sites for hydroxylation is 1. The van der Waals surface area contributed by atoms with Crippen molar-refractivity contribution in [3.8, 4) is 11.6 Å². The number of ether oxygens (including phenoxy) is 1. The minimum atomic E-state index is 0.631. The predicted molar refractivity (Wildman–Crippen MR) is 64.8 cm³/mol. The van der Waals surface area contributed by atoms with Gasteiger partial charge in [0.25, 0.3) is 0 Å². The van der Waals surface area contributed by atoms with Crippen LogP contribution in [0.4, 0.5) is 0 Å². The lowest BCUT2D eigenvalue weighted by Gasteiger charge is -2.06. The van der Waals surface area contributed by atoms with Gasteiger partial charge in [-0.3, -0.25) is 0 Å². The van der Waals surface area contributed by atoms with Gasteiger partial charge in [-0.15, -0.1) is 0 Å². The second kappa shape index (κ2) is 4.41. The molecular formula is C12H12NOP. The lowest BCUT2D eigenvalue weighted by Crippen LogP contribution is -1.99. The molecule has 76 valence electrons. The maximum absolute atomic E-state index is 5.63. The van der Waals surface area contributed by atoms with Crippen molar-refractivity contribution in [1.82, 2.24) is 4.98 Å². The summed E-state index contributed by atoms with van der Waals surface area (Å²) >= 11 is 0. The summed E-state index contributed by atoms with van der Waals surface area (Å²) in [7, 11) is 2.60. The van der Waals surface area contributed by atoms with Gasteiger partial charge in [-0.2, -0.15) is 0 Å². The topological polar surface area (TPSA) is 22.1 Å². The monoisotopic (exact) mass is 217 g/mol. The van der Waals surface area contributed by atoms with Crippen LogP contribution < -0.4 is 10.0 Å². The van der Waals surface area contributed by atoms with Crippen molar-refractivity contribution >= 4 is 14.5 Å². The van der Waals surface area contributed by atoms with E-state index in [1.165, 1.54) is 5.56 Å². The highest BCUT2D eigenvalue weighted by molar-refractivity contribution is 7.27. The van der Waals surface area contributed by atoms with Gasteiger partial charge in [0.2, 0.25) is 5.88 Å². The second-order valence-electron chi connectivity index (χ2n) is 3.31. The molecule has 0 spiro atoms. The summed E-state index contributed by atoms with van der Waals surface area (Å²) in [5.74, 6) is 1.44. The summed E-state index contributed by atoms with van der Waals surface area (Å²) < 4.78 is 5.63. The van der Waals surface area contributed by atoms with Gasteiger partial charge in [0.15, 0.2) is 0 Å². The standard InChI is InChI=1S/C12H12NOP/c1-9-4-6-10(7-5-9)14-12-11(15)3-2-8-13-12/h2-8H,15H2,1H3. The van der Waals surface area contributed by atoms with Crippen molar-refractivity contribution in [1.29, 1.82) is 0 Å². The van der Waals surface area contributed by atoms with Crippen LogP contribution in [0.15, 0.2) is 42.6 Å². The average Bonchev–Trinajstić information content (AvgIpc) is 2.25. The fourth-order valence-electron chi connectivity index (χ4n) is 1.21. The Bertz CT molecular complexity index is 453. The van der Waals surface area contributed by atoms with Gasteiger partial charge in [-0.05, 0) is 31.2 Å². The fraction of sp³-hybridized carbons (Fsp3) is 0.0833. The molecule has 15 heavy (non-hydrogen) atoms. The van der Waals surface area contributed by atoms with Gasteiger partial charge in [0.1, 0.15) is 5.75 Å². The zero-order chi connectivity index (χ0) is 10.7. The molecule has 3 heteroatoms. The molecule has 0 N–H and O–H groups in total. The van der Waals surface area contributed by atoms with Gasteiger partial charge < -0.3 is 4.74 Å². The first-order valence-electron chi connectivity index (χ1n) is 4.71. The van der Waals surface area contributed by atoms with Crippen LogP contribution >= 0.6 is 9.24 Å². The van der Waals surface area contributed by atoms with Crippen LogP contribution in [0.1, 0.15) is 5.56 Å². The molecule has 0 aliphatic rings. The summed E-state index contributed by atoms with van der Waals surface area (Å²) in [6.07, 6.45) is 1.72. The van der Waals surface area contributed by atoms with Gasteiger partial charge in [-0.1, -0.05) is 26.9 Å². The summed E-state index contributed by atoms with van der Waals surface area (Å²) in [5.41, 5.74) is 1.22. The minimum absolute atomic E-state index is 0.631. The maximum atomic E-state index is 5.63. The quantitative estimate of drug-likeness (QED) is 0.721. The van der Waals surface area contributed by atoms with Crippen molar-refractivity contribution in [2.24, 2.45) is 0 Å². The Balaban J connectivity index is 2.22. The van der Waals surface area contributed by atoms with Crippen LogP contribution in [0.3, 0.4) is 0 Å². The third-order valence-corrected chi connectivity index (χ3v) is 2.48. The minimum Gasteiger partial charge on any atom is -0.438 e. The highest BCUT2D eigenvalue weighted by Crippen LogP contribution is 2.18. The molecule has 2 nitrogen and oxygen atoms in total. The van der Waals surface area contributed by atoms with E-state index in [1.54, 1.807) is 6.20 Å². The lowest BCUT2D eigenvalue weighted by molar-refractivity contribution is 0.467. The van der Waals surface area contributed by atoms with Gasteiger partial charge >= 0.3 is 0 Å². The maximum Gasteiger partial charge on any atom is 0.226 e. The first-order chi connectivity index (χ1) is 7.25. The largest absolute Gasteiger partial charge is 0.438 e. The van der Waals surface area contributed by atoms with Crippen LogP contribution in [-0.2, 0) is 0 Å². The third-order valence-electron chi connectivity index (χ3n) is 2.04. The van der Waals surface area contributed by atoms with E-state index in [-0.39, 0.29) is 0 Å². The Morgan fingerprint density at radius 2 is 1.87 bits per heavy atom. The van der Waals surface area contributed by atoms with Crippen LogP contribution in [0, 0.1) is 6.92 Å². The highest BCUT2D eigenvalue weighted by atomic mass is 31.0. The Labute approximate surface area is 91.5 Å². The molecular weight excluding hydrogens is 205 g/mol. The second-order valence-corrected chi connectivity index (χ2v) is 3.93. The molecule has 2 rings (SSSR count). The number of pyridine rings is 1. The van der Waals surface area contributed by atoms with E-state index < -0.39 is 0 Å². The molecule has 2 aromatic rings. The van der Waals surface area contributed by atoms with Crippen molar-refractivity contribution in [2.45, 2.75) is 6.92 Å². The molecule has 0 aliphatic carbocycles. The molecule has 0 aliphatic heterocycles. The van der Waals surface area contributed by atoms with E-state index in [0.717, 1.165) is 11.1 Å². The van der Waals surface area contributed by atoms with Gasteiger partial charge in [0, 0.05) is 11.5 Å². The molecule has 0 saturated carbocycles. The smallest absolute Gasteiger partial charge is 0.226 e. The Morgan fingerprint density at radius 1 is 1.13 bits per heavy atom. The van der Waals surface area contributed by atoms with Crippen LogP contribution in [0.2, 0.25) is 0 Å². The predicted octanol–water partition coefficient (Wildman–Crippen LogP) is 2.68. The molecule has 0 amide bonds. The number of benzene rings is 1. The number of hydrogen-bond donors (Lipinski definition) is 0. The van der Waals surface area contributed by atoms with Crippen molar-refractivity contribution in [3.05, 3.63) is 48.2 Å². The number of rotatable bonds is 2. The molecule has 1 unspecified atom stereocenters. The van der Waals surface area contributed by atoms with E-state index >= 15 is 0 Å². The number of aromatic nitrogens is 1. The Morgan fingerprint density at radius 3 is 2.53 bits per heavy atom. The summed E-state index contributed by atoms with van der Waals surface area (Å²) in [5, 5.41) is 0.957. The zero-order valence-corrected chi connectivity index (χ0v) is 9.63. The first kappa shape index (κ1) is 10.1. The zero-order valence-electron chi connectivity index (χ0n) is 8.47. The number of hydrogen-bond acceptors (Lipinski definition) is 2. The summed E-state index contributed by atoms with van der Waals surface area (Å²) in [6.45, 7) is 2.05. The van der Waals surface area contributed by atoms with Gasteiger partial charge in [0.05, 0.1) is 0 Å². The van der Waals surface area contributed by atoms with E-state index in [4.69, 9.17) is 4.74 Å². The molecule has 1 aromatic heterocycles. The molecule has 0 bridgehead atoms. The van der Waals surface area contributed by atoms with E-state index in [9.17, 15) is 0 Å². The SMILES string of the molecule is Cc1ccc(Oc2ncccc2P)cc1. The Kier molecular flexibility index (Phi) is 2.98. The normalized spacial score (nSPS) is 10.0. The Hall–Kier alpha value is -1.40. The number of nitrogens with zero attached hydrogens (tertiary/aromatic N) is 1. The molecule has 1 heterocycles. The first-order valence-corrected chi connectivity index (χ1v) is 5.28. The molecule has 1 aromatic carbocycles. The van der Waals surface area contributed by atoms with E-state index in [0.29, 0.717) is 5.88 Å². The van der Waals surface area contributed by atoms with Crippen LogP contribution in [0.25, 0.3) is 0 Å². The van der Waals surface area contributed by atoms with Crippen molar-refractivity contribution in [2.75, 3.05) is 0 Å². The lowest BCUT2D eigenvalue weighted by atomic mass is 10.2. The highest BCUT2D eigenvalue weighted by Gasteiger charge is 2.00. The van der Waals surface area contributed by atoms with E-state index in [2.05, 4.69) is 14.2 Å². The fourth-order valence-corrected chi connectivity index (χ4v) is 1.45. The average molecular weight is 217 g/mol. The van der Waals surface area contributed by atoms with Crippen LogP contribution in [-0.4, -0.2) is 4.98 Å². The molecule has 0 fully saturated rings. The third kappa shape index (κ3) is 2.54. The van der Waals surface area contributed by atoms with Crippen LogP contribution in [0.5, 0.6) is 11.6 Å². The summed E-state index contributed by atoms with van der Waals surface area (Å²) in [4.78, 5) is 4.15. The van der Waals surface area contributed by atoms with E-state index in [1.807, 2.05) is 43.3 Å². The van der Waals surface area contributed by atoms with Gasteiger partial charge in [-0.25, -0.2) is 4.98 Å².